The van der Waals surface area contributed by atoms with Gasteiger partial charge in [-0.3, -0.25) is 9.59 Å². The van der Waals surface area contributed by atoms with E-state index in [-0.39, 0.29) is 24.0 Å². The first-order valence-electron chi connectivity index (χ1n) is 10.6. The van der Waals surface area contributed by atoms with Crippen LogP contribution in [0.5, 0.6) is 0 Å². The third-order valence-electron chi connectivity index (χ3n) is 5.46. The van der Waals surface area contributed by atoms with E-state index >= 15 is 0 Å². The van der Waals surface area contributed by atoms with Crippen LogP contribution < -0.4 is 0 Å². The highest BCUT2D eigenvalue weighted by molar-refractivity contribution is 5.84. The van der Waals surface area contributed by atoms with E-state index in [1.807, 2.05) is 6.08 Å². The molecule has 0 aromatic carbocycles. The molecular weight excluding hydrogens is 340 g/mol. The van der Waals surface area contributed by atoms with Gasteiger partial charge in [-0.1, -0.05) is 51.7 Å². The lowest BCUT2D eigenvalue weighted by molar-refractivity contribution is -0.137. The molecule has 2 N–H and O–H groups in total. The lowest BCUT2D eigenvalue weighted by atomic mass is 9.85. The number of carbonyl (C=O) groups is 2. The van der Waals surface area contributed by atoms with Crippen molar-refractivity contribution in [3.8, 4) is 11.8 Å². The molecule has 0 aromatic heterocycles. The van der Waals surface area contributed by atoms with Crippen LogP contribution in [0.3, 0.4) is 0 Å². The van der Waals surface area contributed by atoms with E-state index in [9.17, 15) is 14.7 Å². The number of aliphatic hydroxyl groups is 1. The van der Waals surface area contributed by atoms with Gasteiger partial charge in [0.25, 0.3) is 0 Å². The lowest BCUT2D eigenvalue weighted by Crippen LogP contribution is -2.16. The quantitative estimate of drug-likeness (QED) is 0.293. The van der Waals surface area contributed by atoms with Crippen LogP contribution in [-0.4, -0.2) is 28.1 Å². The molecular formula is C23H36O4. The van der Waals surface area contributed by atoms with E-state index in [2.05, 4.69) is 31.8 Å². The van der Waals surface area contributed by atoms with Crippen LogP contribution in [-0.2, 0) is 9.59 Å². The van der Waals surface area contributed by atoms with E-state index in [0.29, 0.717) is 31.6 Å². The van der Waals surface area contributed by atoms with Gasteiger partial charge in [0.1, 0.15) is 5.78 Å². The van der Waals surface area contributed by atoms with Gasteiger partial charge < -0.3 is 10.2 Å². The monoisotopic (exact) mass is 376 g/mol. The molecule has 0 amide bonds. The summed E-state index contributed by atoms with van der Waals surface area (Å²) in [5.41, 5.74) is 0. The van der Waals surface area contributed by atoms with Crippen LogP contribution >= 0.6 is 0 Å². The molecule has 4 nitrogen and oxygen atoms in total. The van der Waals surface area contributed by atoms with Gasteiger partial charge >= 0.3 is 5.97 Å². The number of aliphatic hydroxyl groups excluding tert-OH is 1. The van der Waals surface area contributed by atoms with Gasteiger partial charge in [-0.25, -0.2) is 0 Å². The number of unbranched alkanes of at least 4 members (excludes halogenated alkanes) is 4. The summed E-state index contributed by atoms with van der Waals surface area (Å²) in [5.74, 6) is 6.20. The zero-order chi connectivity index (χ0) is 20.1. The zero-order valence-electron chi connectivity index (χ0n) is 17.0. The van der Waals surface area contributed by atoms with Crippen molar-refractivity contribution < 1.29 is 19.8 Å². The molecule has 152 valence electrons. The van der Waals surface area contributed by atoms with Gasteiger partial charge in [-0.05, 0) is 31.1 Å². The second-order valence-electron chi connectivity index (χ2n) is 7.63. The predicted molar refractivity (Wildman–Crippen MR) is 108 cm³/mol. The number of Topliss-reactive ketones (excluding diaryl/α,β-unsaturated/α-hetero) is 1. The second kappa shape index (κ2) is 13.6. The zero-order valence-corrected chi connectivity index (χ0v) is 17.0. The topological polar surface area (TPSA) is 74.6 Å². The molecule has 0 radical (unpaired) electrons. The Morgan fingerprint density at radius 3 is 2.67 bits per heavy atom. The molecule has 4 heteroatoms. The van der Waals surface area contributed by atoms with Gasteiger partial charge in [0.15, 0.2) is 0 Å². The molecule has 0 spiro atoms. The summed E-state index contributed by atoms with van der Waals surface area (Å²) in [6.07, 6.45) is 12.0. The first-order valence-corrected chi connectivity index (χ1v) is 10.6. The number of aliphatic carboxylic acids is 1. The Morgan fingerprint density at radius 1 is 1.22 bits per heavy atom. The van der Waals surface area contributed by atoms with Crippen LogP contribution in [0.2, 0.25) is 0 Å². The molecule has 0 saturated heterocycles. The van der Waals surface area contributed by atoms with E-state index in [1.54, 1.807) is 0 Å². The van der Waals surface area contributed by atoms with E-state index in [0.717, 1.165) is 38.5 Å². The minimum atomic E-state index is -0.767. The fraction of sp³-hybridized carbons (Fsp3) is 0.739. The molecule has 0 heterocycles. The summed E-state index contributed by atoms with van der Waals surface area (Å²) in [6, 6.07) is 0. The highest BCUT2D eigenvalue weighted by Crippen LogP contribution is 2.39. The average molecular weight is 377 g/mol. The van der Waals surface area contributed by atoms with Crippen molar-refractivity contribution in [2.75, 3.05) is 0 Å². The number of hydrogen-bond acceptors (Lipinski definition) is 3. The summed E-state index contributed by atoms with van der Waals surface area (Å²) in [6.45, 7) is 4.27. The van der Waals surface area contributed by atoms with E-state index < -0.39 is 12.1 Å². The first kappa shape index (κ1) is 23.4. The van der Waals surface area contributed by atoms with Crippen molar-refractivity contribution in [2.24, 2.45) is 17.8 Å². The summed E-state index contributed by atoms with van der Waals surface area (Å²) < 4.78 is 0. The predicted octanol–water partition coefficient (Wildman–Crippen LogP) is 4.75. The van der Waals surface area contributed by atoms with Gasteiger partial charge in [0.2, 0.25) is 0 Å². The van der Waals surface area contributed by atoms with Gasteiger partial charge in [0.05, 0.1) is 6.10 Å². The number of allylic oxidation sites excluding steroid dienone is 1. The van der Waals surface area contributed by atoms with Crippen LogP contribution in [0.4, 0.5) is 0 Å². The molecule has 0 aromatic rings. The summed E-state index contributed by atoms with van der Waals surface area (Å²) >= 11 is 0. The van der Waals surface area contributed by atoms with Crippen molar-refractivity contribution >= 4 is 11.8 Å². The Labute approximate surface area is 164 Å². The Morgan fingerprint density at radius 2 is 2.00 bits per heavy atom. The first-order chi connectivity index (χ1) is 13.0. The van der Waals surface area contributed by atoms with Crippen molar-refractivity contribution in [3.05, 3.63) is 12.2 Å². The molecule has 4 atom stereocenters. The maximum Gasteiger partial charge on any atom is 0.303 e. The van der Waals surface area contributed by atoms with E-state index in [1.165, 1.54) is 0 Å². The number of ketones is 1. The van der Waals surface area contributed by atoms with Crippen LogP contribution in [0.1, 0.15) is 84.5 Å². The van der Waals surface area contributed by atoms with Crippen molar-refractivity contribution in [2.45, 2.75) is 90.6 Å². The number of carboxylic acids is 1. The third kappa shape index (κ3) is 9.24. The number of rotatable bonds is 12. The van der Waals surface area contributed by atoms with Crippen LogP contribution in [0.15, 0.2) is 12.2 Å². The maximum atomic E-state index is 12.4. The Hall–Kier alpha value is -1.60. The maximum absolute atomic E-state index is 12.4. The second-order valence-corrected chi connectivity index (χ2v) is 7.63. The Bertz CT molecular complexity index is 540. The fourth-order valence-corrected chi connectivity index (χ4v) is 3.76. The highest BCUT2D eigenvalue weighted by Gasteiger charge is 2.39. The molecule has 0 aliphatic heterocycles. The molecule has 1 aliphatic rings. The van der Waals surface area contributed by atoms with E-state index in [4.69, 9.17) is 5.11 Å². The Balaban J connectivity index is 2.54. The summed E-state index contributed by atoms with van der Waals surface area (Å²) in [5, 5.41) is 18.8. The lowest BCUT2D eigenvalue weighted by Gasteiger charge is -2.18. The smallest absolute Gasteiger partial charge is 0.303 e. The minimum absolute atomic E-state index is 0.0689. The molecule has 1 rings (SSSR count). The van der Waals surface area contributed by atoms with Crippen molar-refractivity contribution in [1.82, 2.24) is 0 Å². The standard InChI is InChI=1S/C23H36O4/c1-3-5-9-12-19(24)15-16-20-18(4-2)17-22(25)21(20)13-10-7-6-8-11-14-23(26)27/h15-16,18-21,24H,3-6,8-9,11-14,17H2,1-2H3,(H,26,27)/b16-15+. The summed E-state index contributed by atoms with van der Waals surface area (Å²) in [4.78, 5) is 22.9. The summed E-state index contributed by atoms with van der Waals surface area (Å²) in [7, 11) is 0. The van der Waals surface area contributed by atoms with Crippen molar-refractivity contribution in [3.63, 3.8) is 0 Å². The normalized spacial score (nSPS) is 23.4. The number of carboxylic acid groups (broad SMARTS) is 1. The van der Waals surface area contributed by atoms with Crippen LogP contribution in [0, 0.1) is 29.6 Å². The molecule has 27 heavy (non-hydrogen) atoms. The molecule has 4 unspecified atom stereocenters. The highest BCUT2D eigenvalue weighted by atomic mass is 16.4. The number of carbonyl (C=O) groups excluding carboxylic acids is 1. The molecule has 0 bridgehead atoms. The SMILES string of the molecule is CCCCCC(O)/C=C/C1C(CC)CC(=O)C1CC#CCCCCC(=O)O. The van der Waals surface area contributed by atoms with Gasteiger partial charge in [-0.15, -0.1) is 11.8 Å². The molecule has 1 fully saturated rings. The molecule has 1 aliphatic carbocycles. The third-order valence-corrected chi connectivity index (χ3v) is 5.46. The average Bonchev–Trinajstić information content (AvgIpc) is 2.94. The van der Waals surface area contributed by atoms with Crippen LogP contribution in [0.25, 0.3) is 0 Å². The van der Waals surface area contributed by atoms with Gasteiger partial charge in [-0.2, -0.15) is 0 Å². The fourth-order valence-electron chi connectivity index (χ4n) is 3.76. The minimum Gasteiger partial charge on any atom is -0.481 e. The Kier molecular flexibility index (Phi) is 11.8. The van der Waals surface area contributed by atoms with Gasteiger partial charge in [0, 0.05) is 31.6 Å². The number of hydrogen-bond donors (Lipinski definition) is 2. The van der Waals surface area contributed by atoms with Crippen molar-refractivity contribution in [1.29, 1.82) is 0 Å². The molecule has 1 saturated carbocycles. The largest absolute Gasteiger partial charge is 0.481 e.